The number of hydrogen-bond acceptors (Lipinski definition) is 8. The Morgan fingerprint density at radius 2 is 2.24 bits per heavy atom. The number of hydrogen-bond donors (Lipinski definition) is 1. The fourth-order valence-corrected chi connectivity index (χ4v) is 3.74. The molecule has 0 bridgehead atoms. The van der Waals surface area contributed by atoms with Crippen molar-refractivity contribution >= 4 is 11.8 Å². The van der Waals surface area contributed by atoms with Gasteiger partial charge in [0.1, 0.15) is 5.82 Å². The van der Waals surface area contributed by atoms with Gasteiger partial charge in [-0.05, 0) is 46.4 Å². The van der Waals surface area contributed by atoms with Crippen LogP contribution in [0.2, 0.25) is 0 Å². The highest BCUT2D eigenvalue weighted by Gasteiger charge is 2.31. The van der Waals surface area contributed by atoms with Crippen LogP contribution < -0.4 is 11.5 Å². The van der Waals surface area contributed by atoms with Gasteiger partial charge in [0, 0.05) is 12.3 Å². The molecule has 0 saturated carbocycles. The Morgan fingerprint density at radius 1 is 1.36 bits per heavy atom. The van der Waals surface area contributed by atoms with Crippen LogP contribution in [0.4, 0.5) is 4.39 Å². The van der Waals surface area contributed by atoms with Gasteiger partial charge in [-0.1, -0.05) is 23.0 Å². The van der Waals surface area contributed by atoms with E-state index in [2.05, 4.69) is 15.5 Å². The normalized spacial score (nSPS) is 16.3. The summed E-state index contributed by atoms with van der Waals surface area (Å²) in [5, 5.41) is 12.0. The maximum absolute atomic E-state index is 13.7. The minimum Gasteiger partial charge on any atom is -0.330 e. The second kappa shape index (κ2) is 6.45. The number of fused-ring (bicyclic) bond motifs is 1. The fourth-order valence-electron chi connectivity index (χ4n) is 3.08. The molecule has 130 valence electrons. The molecule has 0 fully saturated rings. The third-order valence-electron chi connectivity index (χ3n) is 4.13. The van der Waals surface area contributed by atoms with Gasteiger partial charge >= 0.3 is 5.76 Å². The van der Waals surface area contributed by atoms with Crippen molar-refractivity contribution in [2.75, 3.05) is 12.3 Å². The van der Waals surface area contributed by atoms with Crippen LogP contribution in [0.5, 0.6) is 0 Å². The summed E-state index contributed by atoms with van der Waals surface area (Å²) in [6.07, 6.45) is 1.38. The van der Waals surface area contributed by atoms with Crippen molar-refractivity contribution < 1.29 is 13.5 Å². The predicted octanol–water partition coefficient (Wildman–Crippen LogP) is 1.61. The van der Waals surface area contributed by atoms with Crippen LogP contribution in [-0.2, 0) is 6.42 Å². The molecule has 0 aliphatic heterocycles. The number of aromatic nitrogens is 4. The number of rotatable bonds is 5. The van der Waals surface area contributed by atoms with Crippen molar-refractivity contribution in [2.24, 2.45) is 5.73 Å². The first-order valence-corrected chi connectivity index (χ1v) is 8.70. The SMILES string of the molecule is NCCSc1nonc1-c1noc(=O)n1C1CCc2ccc(F)cc21. The van der Waals surface area contributed by atoms with Gasteiger partial charge in [-0.15, -0.1) is 0 Å². The van der Waals surface area contributed by atoms with Crippen LogP contribution in [0.3, 0.4) is 0 Å². The van der Waals surface area contributed by atoms with Gasteiger partial charge in [0.15, 0.2) is 10.7 Å². The molecule has 8 nitrogen and oxygen atoms in total. The van der Waals surface area contributed by atoms with Crippen molar-refractivity contribution in [3.8, 4) is 11.5 Å². The highest BCUT2D eigenvalue weighted by molar-refractivity contribution is 7.99. The van der Waals surface area contributed by atoms with Gasteiger partial charge in [0.05, 0.1) is 6.04 Å². The lowest BCUT2D eigenvalue weighted by Crippen LogP contribution is -2.21. The van der Waals surface area contributed by atoms with Crippen LogP contribution in [0.15, 0.2) is 37.2 Å². The zero-order chi connectivity index (χ0) is 17.4. The summed E-state index contributed by atoms with van der Waals surface area (Å²) in [6.45, 7) is 0.456. The average molecular weight is 363 g/mol. The molecule has 25 heavy (non-hydrogen) atoms. The van der Waals surface area contributed by atoms with Gasteiger partial charge in [-0.25, -0.2) is 18.4 Å². The number of nitrogens with two attached hydrogens (primary N) is 1. The molecular formula is C15H14FN5O3S. The first kappa shape index (κ1) is 16.0. The summed E-state index contributed by atoms with van der Waals surface area (Å²) < 4.78 is 24.7. The minimum atomic E-state index is -0.630. The molecule has 1 aliphatic rings. The molecule has 4 rings (SSSR count). The quantitative estimate of drug-likeness (QED) is 0.680. The largest absolute Gasteiger partial charge is 0.442 e. The second-order valence-electron chi connectivity index (χ2n) is 5.59. The van der Waals surface area contributed by atoms with E-state index >= 15 is 0 Å². The number of halogens is 1. The summed E-state index contributed by atoms with van der Waals surface area (Å²) in [4.78, 5) is 12.3. The smallest absolute Gasteiger partial charge is 0.330 e. The molecule has 2 heterocycles. The lowest BCUT2D eigenvalue weighted by Gasteiger charge is -2.13. The minimum absolute atomic E-state index is 0.216. The van der Waals surface area contributed by atoms with Crippen molar-refractivity contribution in [3.05, 3.63) is 45.7 Å². The van der Waals surface area contributed by atoms with Crippen molar-refractivity contribution in [3.63, 3.8) is 0 Å². The Balaban J connectivity index is 1.80. The van der Waals surface area contributed by atoms with Crippen LogP contribution in [0, 0.1) is 5.82 Å². The van der Waals surface area contributed by atoms with Gasteiger partial charge in [-0.3, -0.25) is 4.52 Å². The Labute approximate surface area is 145 Å². The van der Waals surface area contributed by atoms with E-state index in [0.29, 0.717) is 29.4 Å². The lowest BCUT2D eigenvalue weighted by molar-refractivity contribution is 0.299. The number of benzene rings is 1. The second-order valence-corrected chi connectivity index (χ2v) is 6.68. The van der Waals surface area contributed by atoms with E-state index < -0.39 is 5.76 Å². The van der Waals surface area contributed by atoms with E-state index in [-0.39, 0.29) is 17.7 Å². The molecule has 1 unspecified atom stereocenters. The molecule has 1 atom stereocenters. The Kier molecular flexibility index (Phi) is 4.14. The predicted molar refractivity (Wildman–Crippen MR) is 86.7 cm³/mol. The average Bonchev–Trinajstić information content (AvgIpc) is 3.30. The molecule has 3 aromatic rings. The molecule has 0 saturated heterocycles. The summed E-state index contributed by atoms with van der Waals surface area (Å²) >= 11 is 1.35. The van der Waals surface area contributed by atoms with Crippen molar-refractivity contribution in [1.82, 2.24) is 20.0 Å². The molecule has 0 spiro atoms. The van der Waals surface area contributed by atoms with Crippen LogP contribution in [0.1, 0.15) is 23.6 Å². The Morgan fingerprint density at radius 3 is 3.08 bits per heavy atom. The van der Waals surface area contributed by atoms with E-state index in [4.69, 9.17) is 14.9 Å². The third kappa shape index (κ3) is 2.76. The van der Waals surface area contributed by atoms with Crippen molar-refractivity contribution in [2.45, 2.75) is 23.9 Å². The van der Waals surface area contributed by atoms with Gasteiger partial charge in [0.2, 0.25) is 5.82 Å². The van der Waals surface area contributed by atoms with Gasteiger partial charge < -0.3 is 5.73 Å². The zero-order valence-electron chi connectivity index (χ0n) is 13.0. The first-order chi connectivity index (χ1) is 12.2. The van der Waals surface area contributed by atoms with Gasteiger partial charge in [-0.2, -0.15) is 0 Å². The standard InChI is InChI=1S/C15H14FN5O3S/c16-9-3-1-8-2-4-11(10(8)7-9)21-13(19-23-15(21)22)12-14(20-24-18-12)25-6-5-17/h1,3,7,11H,2,4-6,17H2. The summed E-state index contributed by atoms with van der Waals surface area (Å²) in [5.74, 6) is -0.150. The highest BCUT2D eigenvalue weighted by atomic mass is 32.2. The molecular weight excluding hydrogens is 349 g/mol. The molecule has 2 N–H and O–H groups in total. The van der Waals surface area contributed by atoms with Gasteiger partial charge in [0.25, 0.3) is 0 Å². The molecule has 0 amide bonds. The van der Waals surface area contributed by atoms with Crippen molar-refractivity contribution in [1.29, 1.82) is 0 Å². The maximum atomic E-state index is 13.7. The van der Waals surface area contributed by atoms with Crippen LogP contribution in [-0.4, -0.2) is 32.3 Å². The third-order valence-corrected chi connectivity index (χ3v) is 5.11. The molecule has 10 heteroatoms. The molecule has 1 aromatic carbocycles. The van der Waals surface area contributed by atoms with Crippen LogP contribution in [0.25, 0.3) is 11.5 Å². The molecule has 0 radical (unpaired) electrons. The van der Waals surface area contributed by atoms with E-state index in [1.807, 2.05) is 0 Å². The van der Waals surface area contributed by atoms with Crippen LogP contribution >= 0.6 is 11.8 Å². The summed E-state index contributed by atoms with van der Waals surface area (Å²) in [7, 11) is 0. The molecule has 1 aliphatic carbocycles. The lowest BCUT2D eigenvalue weighted by atomic mass is 10.1. The monoisotopic (exact) mass is 363 g/mol. The zero-order valence-corrected chi connectivity index (χ0v) is 13.8. The maximum Gasteiger partial charge on any atom is 0.442 e. The first-order valence-electron chi connectivity index (χ1n) is 7.71. The summed E-state index contributed by atoms with van der Waals surface area (Å²) in [6, 6.07) is 4.23. The van der Waals surface area contributed by atoms with E-state index in [1.165, 1.54) is 28.5 Å². The number of nitrogens with zero attached hydrogens (tertiary/aromatic N) is 4. The van der Waals surface area contributed by atoms with E-state index in [0.717, 1.165) is 17.5 Å². The fraction of sp³-hybridized carbons (Fsp3) is 0.333. The highest BCUT2D eigenvalue weighted by Crippen LogP contribution is 2.37. The Bertz CT molecular complexity index is 966. The summed E-state index contributed by atoms with van der Waals surface area (Å²) in [5.41, 5.74) is 7.57. The molecule has 2 aromatic heterocycles. The number of thioether (sulfide) groups is 1. The van der Waals surface area contributed by atoms with E-state index in [1.54, 1.807) is 6.07 Å². The van der Waals surface area contributed by atoms with E-state index in [9.17, 15) is 9.18 Å². The Hall–Kier alpha value is -2.46. The number of aryl methyl sites for hydroxylation is 1. The topological polar surface area (TPSA) is 113 Å².